The van der Waals surface area contributed by atoms with Crippen molar-refractivity contribution in [2.24, 2.45) is 10.1 Å². The Bertz CT molecular complexity index is 1320. The van der Waals surface area contributed by atoms with Gasteiger partial charge in [0.05, 0.1) is 12.0 Å². The molecule has 3 aromatic carbocycles. The number of ether oxygens (including phenoxy) is 1. The molecule has 2 aliphatic heterocycles. The topological polar surface area (TPSA) is 66.3 Å². The number of hydrazone groups is 1. The van der Waals surface area contributed by atoms with Crippen LogP contribution in [0.1, 0.15) is 30.6 Å². The number of para-hydroxylation sites is 2. The van der Waals surface area contributed by atoms with Crippen LogP contribution in [0.5, 0.6) is 5.75 Å². The van der Waals surface area contributed by atoms with Gasteiger partial charge in [0.1, 0.15) is 11.4 Å². The van der Waals surface area contributed by atoms with Crippen LogP contribution in [0.25, 0.3) is 5.70 Å². The van der Waals surface area contributed by atoms with E-state index in [0.29, 0.717) is 23.2 Å². The minimum atomic E-state index is -0.499. The number of rotatable bonds is 6. The Kier molecular flexibility index (Phi) is 6.13. The highest BCUT2D eigenvalue weighted by Crippen LogP contribution is 2.35. The first-order valence-electron chi connectivity index (χ1n) is 11.0. The number of benzene rings is 3. The summed E-state index contributed by atoms with van der Waals surface area (Å²) in [7, 11) is 0. The van der Waals surface area contributed by atoms with Gasteiger partial charge in [-0.15, -0.1) is 5.10 Å². The van der Waals surface area contributed by atoms with E-state index in [1.807, 2.05) is 66.7 Å². The Morgan fingerprint density at radius 1 is 1.00 bits per heavy atom. The summed E-state index contributed by atoms with van der Waals surface area (Å²) in [6.07, 6.45) is 0.405. The Morgan fingerprint density at radius 3 is 2.61 bits per heavy atom. The van der Waals surface area contributed by atoms with E-state index in [0.717, 1.165) is 33.9 Å². The van der Waals surface area contributed by atoms with E-state index >= 15 is 0 Å². The van der Waals surface area contributed by atoms with Crippen molar-refractivity contribution in [1.82, 2.24) is 10.3 Å². The molecule has 0 saturated heterocycles. The Labute approximate surface area is 196 Å². The van der Waals surface area contributed by atoms with Crippen molar-refractivity contribution in [3.63, 3.8) is 0 Å². The van der Waals surface area contributed by atoms with Gasteiger partial charge in [-0.1, -0.05) is 85.4 Å². The van der Waals surface area contributed by atoms with Crippen LogP contribution in [0.2, 0.25) is 0 Å². The van der Waals surface area contributed by atoms with E-state index < -0.39 is 6.17 Å². The second-order valence-corrected chi connectivity index (χ2v) is 8.70. The molecule has 0 radical (unpaired) electrons. The molecule has 6 nitrogen and oxygen atoms in total. The summed E-state index contributed by atoms with van der Waals surface area (Å²) in [4.78, 5) is 18.3. The highest BCUT2D eigenvalue weighted by molar-refractivity contribution is 8.13. The summed E-state index contributed by atoms with van der Waals surface area (Å²) in [6, 6.07) is 25.7. The second kappa shape index (κ2) is 9.50. The Hall–Kier alpha value is -3.58. The third kappa shape index (κ3) is 4.36. The first kappa shape index (κ1) is 21.3. The standard InChI is InChI=1S/C26H24N4O2S/c1-2-16-32-22-15-9-7-13-20(22)24-27-21-14-8-6-12-19(21)23-25(31)28-26(29-30(23)24)33-17-18-10-4-3-5-11-18/h3-15,24H,2,16-17H2,1H3,(H,28,29,31)/t24-/m1/s1. The molecule has 0 unspecified atom stereocenters. The van der Waals surface area contributed by atoms with Crippen LogP contribution in [-0.4, -0.2) is 22.7 Å². The molecule has 1 N–H and O–H groups in total. The smallest absolute Gasteiger partial charge is 0.276 e. The van der Waals surface area contributed by atoms with Crippen molar-refractivity contribution in [3.8, 4) is 5.75 Å². The fourth-order valence-corrected chi connectivity index (χ4v) is 4.66. The zero-order valence-corrected chi connectivity index (χ0v) is 19.1. The molecule has 33 heavy (non-hydrogen) atoms. The summed E-state index contributed by atoms with van der Waals surface area (Å²) in [6.45, 7) is 2.68. The van der Waals surface area contributed by atoms with Gasteiger partial charge in [-0.05, 0) is 24.1 Å². The average Bonchev–Trinajstić information content (AvgIpc) is 2.86. The molecule has 0 spiro atoms. The van der Waals surface area contributed by atoms with E-state index in [2.05, 4.69) is 24.4 Å². The highest BCUT2D eigenvalue weighted by atomic mass is 32.2. The molecule has 7 heteroatoms. The summed E-state index contributed by atoms with van der Waals surface area (Å²) < 4.78 is 6.02. The number of hydrogen-bond acceptors (Lipinski definition) is 6. The quantitative estimate of drug-likeness (QED) is 0.616. The van der Waals surface area contributed by atoms with Gasteiger partial charge in [0.25, 0.3) is 5.91 Å². The molecule has 5 rings (SSSR count). The van der Waals surface area contributed by atoms with Gasteiger partial charge in [0.15, 0.2) is 11.3 Å². The van der Waals surface area contributed by atoms with Crippen molar-refractivity contribution in [2.75, 3.05) is 6.61 Å². The lowest BCUT2D eigenvalue weighted by molar-refractivity contribution is -0.116. The van der Waals surface area contributed by atoms with Crippen LogP contribution in [-0.2, 0) is 10.5 Å². The van der Waals surface area contributed by atoms with Gasteiger partial charge in [0, 0.05) is 16.5 Å². The molecule has 1 amide bonds. The number of nitrogens with zero attached hydrogens (tertiary/aromatic N) is 3. The number of amides is 1. The maximum atomic E-state index is 13.3. The number of hydrogen-bond donors (Lipinski definition) is 1. The maximum Gasteiger partial charge on any atom is 0.276 e. The van der Waals surface area contributed by atoms with E-state index in [4.69, 9.17) is 14.8 Å². The Morgan fingerprint density at radius 2 is 1.76 bits per heavy atom. The van der Waals surface area contributed by atoms with Gasteiger partial charge in [0.2, 0.25) is 0 Å². The van der Waals surface area contributed by atoms with Crippen LogP contribution in [0.4, 0.5) is 0 Å². The van der Waals surface area contributed by atoms with Crippen molar-refractivity contribution in [3.05, 3.63) is 101 Å². The highest BCUT2D eigenvalue weighted by Gasteiger charge is 2.35. The normalized spacial score (nSPS) is 16.8. The monoisotopic (exact) mass is 456 g/mol. The first-order chi connectivity index (χ1) is 16.2. The number of fused-ring (bicyclic) bond motifs is 2. The number of carbonyl (C=O) groups excluding carboxylic acids is 1. The zero-order valence-electron chi connectivity index (χ0n) is 18.3. The summed E-state index contributed by atoms with van der Waals surface area (Å²) in [5.74, 6) is 1.28. The van der Waals surface area contributed by atoms with Crippen LogP contribution < -0.4 is 20.6 Å². The predicted octanol–water partition coefficient (Wildman–Crippen LogP) is 3.55. The van der Waals surface area contributed by atoms with Gasteiger partial charge in [-0.2, -0.15) is 0 Å². The van der Waals surface area contributed by atoms with Crippen LogP contribution in [0.3, 0.4) is 0 Å². The molecule has 1 atom stereocenters. The minimum absolute atomic E-state index is 0.181. The van der Waals surface area contributed by atoms with E-state index in [1.54, 1.807) is 5.01 Å². The lowest BCUT2D eigenvalue weighted by Crippen LogP contribution is -2.50. The van der Waals surface area contributed by atoms with Crippen LogP contribution >= 0.6 is 11.8 Å². The molecular weight excluding hydrogens is 432 g/mol. The lowest BCUT2D eigenvalue weighted by Gasteiger charge is -2.34. The fraction of sp³-hybridized carbons (Fsp3) is 0.192. The van der Waals surface area contributed by atoms with Gasteiger partial charge >= 0.3 is 0 Å². The van der Waals surface area contributed by atoms with E-state index in [1.165, 1.54) is 11.8 Å². The van der Waals surface area contributed by atoms with Gasteiger partial charge < -0.3 is 4.74 Å². The van der Waals surface area contributed by atoms with E-state index in [9.17, 15) is 4.79 Å². The van der Waals surface area contributed by atoms with Crippen LogP contribution in [0.15, 0.2) is 89.0 Å². The molecule has 0 fully saturated rings. The fourth-order valence-electron chi connectivity index (χ4n) is 3.86. The molecule has 0 bridgehead atoms. The molecule has 2 heterocycles. The molecule has 0 aromatic heterocycles. The largest absolute Gasteiger partial charge is 0.493 e. The third-order valence-corrected chi connectivity index (χ3v) is 6.33. The van der Waals surface area contributed by atoms with Crippen molar-refractivity contribution < 1.29 is 9.53 Å². The maximum absolute atomic E-state index is 13.3. The summed E-state index contributed by atoms with van der Waals surface area (Å²) >= 11 is 1.50. The lowest BCUT2D eigenvalue weighted by atomic mass is 10.1. The van der Waals surface area contributed by atoms with Crippen molar-refractivity contribution >= 4 is 28.5 Å². The van der Waals surface area contributed by atoms with Gasteiger partial charge in [-0.3, -0.25) is 15.1 Å². The first-order valence-corrected chi connectivity index (χ1v) is 12.0. The molecule has 2 aliphatic rings. The van der Waals surface area contributed by atoms with Crippen LogP contribution in [0, 0.1) is 0 Å². The number of amidine groups is 1. The average molecular weight is 457 g/mol. The summed E-state index contributed by atoms with van der Waals surface area (Å²) in [5, 5.41) is 11.6. The van der Waals surface area contributed by atoms with Crippen molar-refractivity contribution in [1.29, 1.82) is 0 Å². The molecule has 3 aromatic rings. The SMILES string of the molecule is CCCOc1ccccc1[C@@H]1N=c2ccccc2=C2C(=O)NC(SCc3ccccc3)=NN21. The third-order valence-electron chi connectivity index (χ3n) is 5.39. The number of thioether (sulfide) groups is 1. The zero-order chi connectivity index (χ0) is 22.6. The number of nitrogens with one attached hydrogen (secondary N) is 1. The molecule has 0 saturated carbocycles. The summed E-state index contributed by atoms with van der Waals surface area (Å²) in [5.41, 5.74) is 2.54. The second-order valence-electron chi connectivity index (χ2n) is 7.73. The Balaban J connectivity index is 1.57. The molecule has 0 aliphatic carbocycles. The van der Waals surface area contributed by atoms with Crippen molar-refractivity contribution in [2.45, 2.75) is 25.3 Å². The van der Waals surface area contributed by atoms with Gasteiger partial charge in [-0.25, -0.2) is 5.01 Å². The van der Waals surface area contributed by atoms with E-state index in [-0.39, 0.29) is 5.91 Å². The minimum Gasteiger partial charge on any atom is -0.493 e. The number of carbonyl (C=O) groups is 1. The molecular formula is C26H24N4O2S. The molecule has 166 valence electrons. The predicted molar refractivity (Wildman–Crippen MR) is 131 cm³/mol.